The number of primary sulfonamides is 1. The number of methoxy groups -OCH3 is 1. The summed E-state index contributed by atoms with van der Waals surface area (Å²) in [5, 5.41) is 8.62. The van der Waals surface area contributed by atoms with Crippen LogP contribution >= 0.6 is 0 Å². The molecule has 1 heterocycles. The SMILES string of the molecule is COc1ccc(C(=O)OCc2nc(C)no2)cc1S(N)(=O)=O. The first-order chi connectivity index (χ1) is 10.3. The first kappa shape index (κ1) is 15.9. The van der Waals surface area contributed by atoms with Crippen LogP contribution in [0.5, 0.6) is 5.75 Å². The monoisotopic (exact) mass is 327 g/mol. The van der Waals surface area contributed by atoms with Gasteiger partial charge < -0.3 is 14.0 Å². The second-order valence-electron chi connectivity index (χ2n) is 4.22. The summed E-state index contributed by atoms with van der Waals surface area (Å²) in [5.41, 5.74) is 0.000984. The number of ether oxygens (including phenoxy) is 2. The van der Waals surface area contributed by atoms with Crippen molar-refractivity contribution < 1.29 is 27.2 Å². The topological polar surface area (TPSA) is 135 Å². The molecule has 0 aliphatic rings. The summed E-state index contributed by atoms with van der Waals surface area (Å²) in [7, 11) is -2.75. The fourth-order valence-corrected chi connectivity index (χ4v) is 2.36. The van der Waals surface area contributed by atoms with Gasteiger partial charge in [-0.3, -0.25) is 0 Å². The maximum atomic E-state index is 11.9. The summed E-state index contributed by atoms with van der Waals surface area (Å²) in [6, 6.07) is 3.75. The number of esters is 1. The van der Waals surface area contributed by atoms with E-state index in [9.17, 15) is 13.2 Å². The molecule has 1 aromatic carbocycles. The Kier molecular flexibility index (Phi) is 4.43. The zero-order valence-corrected chi connectivity index (χ0v) is 12.6. The van der Waals surface area contributed by atoms with Gasteiger partial charge in [0.2, 0.25) is 10.0 Å². The number of hydrogen-bond donors (Lipinski definition) is 1. The lowest BCUT2D eigenvalue weighted by molar-refractivity contribution is 0.0429. The molecule has 0 unspecified atom stereocenters. The molecule has 0 aliphatic carbocycles. The molecule has 2 rings (SSSR count). The minimum atomic E-state index is -4.04. The molecule has 0 fully saturated rings. The molecule has 22 heavy (non-hydrogen) atoms. The van der Waals surface area contributed by atoms with Crippen molar-refractivity contribution >= 4 is 16.0 Å². The first-order valence-electron chi connectivity index (χ1n) is 5.98. The second kappa shape index (κ2) is 6.12. The number of carbonyl (C=O) groups excluding carboxylic acids is 1. The maximum absolute atomic E-state index is 11.9. The van der Waals surface area contributed by atoms with Crippen molar-refractivity contribution in [1.29, 1.82) is 0 Å². The smallest absolute Gasteiger partial charge is 0.338 e. The van der Waals surface area contributed by atoms with Crippen molar-refractivity contribution in [1.82, 2.24) is 10.1 Å². The molecule has 1 aromatic heterocycles. The van der Waals surface area contributed by atoms with Crippen LogP contribution in [-0.2, 0) is 21.4 Å². The number of rotatable bonds is 5. The van der Waals surface area contributed by atoms with Crippen molar-refractivity contribution in [2.75, 3.05) is 7.11 Å². The Labute approximate surface area is 126 Å². The highest BCUT2D eigenvalue weighted by Gasteiger charge is 2.19. The van der Waals surface area contributed by atoms with E-state index in [1.807, 2.05) is 0 Å². The molecule has 2 aromatic rings. The fourth-order valence-electron chi connectivity index (χ4n) is 1.64. The lowest BCUT2D eigenvalue weighted by Crippen LogP contribution is -2.15. The first-order valence-corrected chi connectivity index (χ1v) is 7.53. The molecule has 0 atom stereocenters. The second-order valence-corrected chi connectivity index (χ2v) is 5.75. The Morgan fingerprint density at radius 1 is 1.41 bits per heavy atom. The highest BCUT2D eigenvalue weighted by molar-refractivity contribution is 7.89. The van der Waals surface area contributed by atoms with E-state index in [0.717, 1.165) is 6.07 Å². The van der Waals surface area contributed by atoms with E-state index in [1.165, 1.54) is 19.2 Å². The van der Waals surface area contributed by atoms with Gasteiger partial charge in [0.05, 0.1) is 12.7 Å². The lowest BCUT2D eigenvalue weighted by atomic mass is 10.2. The Morgan fingerprint density at radius 2 is 2.14 bits per heavy atom. The van der Waals surface area contributed by atoms with E-state index < -0.39 is 16.0 Å². The fraction of sp³-hybridized carbons (Fsp3) is 0.250. The molecule has 0 saturated heterocycles. The summed E-state index contributed by atoms with van der Waals surface area (Å²) < 4.78 is 37.6. The van der Waals surface area contributed by atoms with Crippen LogP contribution in [0.2, 0.25) is 0 Å². The number of aromatic nitrogens is 2. The molecule has 9 nitrogen and oxygen atoms in total. The predicted octanol–water partition coefficient (Wildman–Crippen LogP) is 0.391. The maximum Gasteiger partial charge on any atom is 0.338 e. The highest BCUT2D eigenvalue weighted by atomic mass is 32.2. The van der Waals surface area contributed by atoms with Gasteiger partial charge in [-0.05, 0) is 25.1 Å². The number of benzene rings is 1. The van der Waals surface area contributed by atoms with Gasteiger partial charge in [-0.1, -0.05) is 5.16 Å². The number of carbonyl (C=O) groups is 1. The Morgan fingerprint density at radius 3 is 2.68 bits per heavy atom. The minimum absolute atomic E-state index is 0.000984. The van der Waals surface area contributed by atoms with Gasteiger partial charge in [0.25, 0.3) is 5.89 Å². The van der Waals surface area contributed by atoms with Crippen molar-refractivity contribution in [3.63, 3.8) is 0 Å². The predicted molar refractivity (Wildman–Crippen MR) is 72.5 cm³/mol. The minimum Gasteiger partial charge on any atom is -0.495 e. The van der Waals surface area contributed by atoms with Crippen LogP contribution in [0.25, 0.3) is 0 Å². The van der Waals surface area contributed by atoms with Gasteiger partial charge in [-0.15, -0.1) is 0 Å². The third kappa shape index (κ3) is 3.59. The van der Waals surface area contributed by atoms with Crippen LogP contribution in [0, 0.1) is 6.92 Å². The molecule has 118 valence electrons. The summed E-state index contributed by atoms with van der Waals surface area (Å²) in [6.07, 6.45) is 0. The lowest BCUT2D eigenvalue weighted by Gasteiger charge is -2.08. The summed E-state index contributed by atoms with van der Waals surface area (Å²) in [5.74, 6) is -0.187. The average Bonchev–Trinajstić information content (AvgIpc) is 2.88. The Bertz CT molecular complexity index is 799. The van der Waals surface area contributed by atoms with Crippen molar-refractivity contribution in [2.45, 2.75) is 18.4 Å². The number of sulfonamides is 1. The summed E-state index contributed by atoms with van der Waals surface area (Å²) in [4.78, 5) is 15.5. The molecule has 10 heteroatoms. The molecule has 0 amide bonds. The largest absolute Gasteiger partial charge is 0.495 e. The Balaban J connectivity index is 2.19. The summed E-state index contributed by atoms with van der Waals surface area (Å²) >= 11 is 0. The third-order valence-electron chi connectivity index (χ3n) is 2.60. The van der Waals surface area contributed by atoms with E-state index in [-0.39, 0.29) is 28.7 Å². The Hall–Kier alpha value is -2.46. The van der Waals surface area contributed by atoms with Gasteiger partial charge in [0.1, 0.15) is 10.6 Å². The van der Waals surface area contributed by atoms with Gasteiger partial charge in [-0.2, -0.15) is 4.98 Å². The van der Waals surface area contributed by atoms with Gasteiger partial charge in [-0.25, -0.2) is 18.4 Å². The van der Waals surface area contributed by atoms with Gasteiger partial charge in [0, 0.05) is 0 Å². The highest BCUT2D eigenvalue weighted by Crippen LogP contribution is 2.24. The average molecular weight is 327 g/mol. The molecule has 0 radical (unpaired) electrons. The number of aryl methyl sites for hydroxylation is 1. The third-order valence-corrected chi connectivity index (χ3v) is 3.53. The zero-order chi connectivity index (χ0) is 16.3. The molecule has 0 saturated carbocycles. The van der Waals surface area contributed by atoms with Crippen LogP contribution < -0.4 is 9.88 Å². The number of nitrogens with zero attached hydrogens (tertiary/aromatic N) is 2. The molecule has 2 N–H and O–H groups in total. The van der Waals surface area contributed by atoms with Crippen molar-refractivity contribution in [2.24, 2.45) is 5.14 Å². The quantitative estimate of drug-likeness (QED) is 0.779. The van der Waals surface area contributed by atoms with Gasteiger partial charge >= 0.3 is 5.97 Å². The van der Waals surface area contributed by atoms with Crippen LogP contribution in [-0.4, -0.2) is 31.6 Å². The molecule has 0 bridgehead atoms. The van der Waals surface area contributed by atoms with E-state index in [0.29, 0.717) is 5.82 Å². The van der Waals surface area contributed by atoms with E-state index >= 15 is 0 Å². The standard InChI is InChI=1S/C12H13N3O6S/c1-7-14-11(21-15-7)6-20-12(16)8-3-4-9(19-2)10(5-8)22(13,17)18/h3-5H,6H2,1-2H3,(H2,13,17,18). The zero-order valence-electron chi connectivity index (χ0n) is 11.8. The van der Waals surface area contributed by atoms with Crippen LogP contribution in [0.15, 0.2) is 27.6 Å². The summed E-state index contributed by atoms with van der Waals surface area (Å²) in [6.45, 7) is 1.40. The van der Waals surface area contributed by atoms with Crippen LogP contribution in [0.3, 0.4) is 0 Å². The van der Waals surface area contributed by atoms with Gasteiger partial charge in [0.15, 0.2) is 12.4 Å². The molecular formula is C12H13N3O6S. The number of nitrogens with two attached hydrogens (primary N) is 1. The molecule has 0 spiro atoms. The number of hydrogen-bond acceptors (Lipinski definition) is 8. The molecule has 0 aliphatic heterocycles. The normalized spacial score (nSPS) is 11.2. The van der Waals surface area contributed by atoms with E-state index in [1.54, 1.807) is 6.92 Å². The van der Waals surface area contributed by atoms with Crippen molar-refractivity contribution in [3.05, 3.63) is 35.5 Å². The van der Waals surface area contributed by atoms with E-state index in [2.05, 4.69) is 10.1 Å². The van der Waals surface area contributed by atoms with Crippen LogP contribution in [0.1, 0.15) is 22.1 Å². The van der Waals surface area contributed by atoms with E-state index in [4.69, 9.17) is 19.1 Å². The van der Waals surface area contributed by atoms with Crippen molar-refractivity contribution in [3.8, 4) is 5.75 Å². The van der Waals surface area contributed by atoms with Crippen LogP contribution in [0.4, 0.5) is 0 Å². The molecular weight excluding hydrogens is 314 g/mol.